The van der Waals surface area contributed by atoms with Gasteiger partial charge in [0.1, 0.15) is 5.82 Å². The first-order chi connectivity index (χ1) is 8.34. The summed E-state index contributed by atoms with van der Waals surface area (Å²) in [6.07, 6.45) is 1.87. The molecule has 3 nitrogen and oxygen atoms in total. The maximum atomic E-state index is 6.07. The Kier molecular flexibility index (Phi) is 2.87. The molecule has 88 valence electrons. The van der Waals surface area contributed by atoms with Crippen molar-refractivity contribution in [3.8, 4) is 0 Å². The van der Waals surface area contributed by atoms with Crippen molar-refractivity contribution in [3.05, 3.63) is 35.5 Å². The number of nitrogens with one attached hydrogen (secondary N) is 1. The topological polar surface area (TPSA) is 28.2 Å². The van der Waals surface area contributed by atoms with Crippen LogP contribution in [0.15, 0.2) is 30.5 Å². The number of piperazine rings is 1. The summed E-state index contributed by atoms with van der Waals surface area (Å²) in [4.78, 5) is 6.83. The lowest BCUT2D eigenvalue weighted by Gasteiger charge is -2.29. The highest BCUT2D eigenvalue weighted by Crippen LogP contribution is 2.27. The molecule has 2 heterocycles. The molecule has 1 fully saturated rings. The normalized spacial score (nSPS) is 16.4. The highest BCUT2D eigenvalue weighted by Gasteiger charge is 2.14. The quantitative estimate of drug-likeness (QED) is 0.838. The van der Waals surface area contributed by atoms with Gasteiger partial charge in [-0.2, -0.15) is 0 Å². The molecule has 0 radical (unpaired) electrons. The van der Waals surface area contributed by atoms with Gasteiger partial charge in [-0.15, -0.1) is 0 Å². The molecule has 0 bridgehead atoms. The van der Waals surface area contributed by atoms with E-state index in [4.69, 9.17) is 11.6 Å². The Labute approximate surface area is 105 Å². The molecule has 3 rings (SSSR count). The summed E-state index contributed by atoms with van der Waals surface area (Å²) < 4.78 is 0. The molecule has 0 amide bonds. The number of anilines is 1. The minimum absolute atomic E-state index is 0.766. The number of hydrogen-bond acceptors (Lipinski definition) is 3. The van der Waals surface area contributed by atoms with Crippen molar-refractivity contribution in [1.29, 1.82) is 0 Å². The third-order valence-electron chi connectivity index (χ3n) is 3.12. The van der Waals surface area contributed by atoms with Crippen LogP contribution in [-0.2, 0) is 0 Å². The Morgan fingerprint density at radius 3 is 2.82 bits per heavy atom. The monoisotopic (exact) mass is 247 g/mol. The summed E-state index contributed by atoms with van der Waals surface area (Å²) in [5, 5.41) is 6.45. The van der Waals surface area contributed by atoms with Crippen molar-refractivity contribution in [2.24, 2.45) is 0 Å². The summed E-state index contributed by atoms with van der Waals surface area (Å²) in [5.41, 5.74) is 0. The number of pyridine rings is 1. The van der Waals surface area contributed by atoms with E-state index in [2.05, 4.69) is 15.2 Å². The van der Waals surface area contributed by atoms with E-state index in [-0.39, 0.29) is 0 Å². The van der Waals surface area contributed by atoms with Gasteiger partial charge in [0.2, 0.25) is 0 Å². The molecule has 1 aliphatic rings. The second kappa shape index (κ2) is 4.51. The molecule has 4 heteroatoms. The minimum Gasteiger partial charge on any atom is -0.354 e. The molecule has 0 spiro atoms. The van der Waals surface area contributed by atoms with Crippen LogP contribution in [0.25, 0.3) is 10.8 Å². The Hall–Kier alpha value is -1.32. The van der Waals surface area contributed by atoms with Gasteiger partial charge in [0.05, 0.1) is 0 Å². The van der Waals surface area contributed by atoms with Gasteiger partial charge in [0, 0.05) is 42.8 Å². The van der Waals surface area contributed by atoms with E-state index in [0.717, 1.165) is 42.4 Å². The molecule has 1 N–H and O–H groups in total. The average Bonchev–Trinajstić information content (AvgIpc) is 2.39. The fourth-order valence-corrected chi connectivity index (χ4v) is 2.43. The molecule has 17 heavy (non-hydrogen) atoms. The SMILES string of the molecule is Clc1ccc2ccnc(N3CCNCC3)c2c1. The maximum absolute atomic E-state index is 6.07. The average molecular weight is 248 g/mol. The molecule has 0 atom stereocenters. The smallest absolute Gasteiger partial charge is 0.136 e. The van der Waals surface area contributed by atoms with Gasteiger partial charge in [-0.3, -0.25) is 0 Å². The number of benzene rings is 1. The predicted octanol–water partition coefficient (Wildman–Crippen LogP) is 2.30. The van der Waals surface area contributed by atoms with E-state index >= 15 is 0 Å². The lowest BCUT2D eigenvalue weighted by atomic mass is 10.1. The second-order valence-corrected chi connectivity index (χ2v) is 4.67. The fourth-order valence-electron chi connectivity index (χ4n) is 2.25. The van der Waals surface area contributed by atoms with Crippen LogP contribution in [0, 0.1) is 0 Å². The Bertz CT molecular complexity index is 535. The first kappa shape index (κ1) is 10.8. The standard InChI is InChI=1S/C13H14ClN3/c14-11-2-1-10-3-4-16-13(12(10)9-11)17-7-5-15-6-8-17/h1-4,9,15H,5-8H2. The van der Waals surface area contributed by atoms with Crippen LogP contribution >= 0.6 is 11.6 Å². The number of rotatable bonds is 1. The first-order valence-electron chi connectivity index (χ1n) is 5.84. The van der Waals surface area contributed by atoms with E-state index in [1.54, 1.807) is 0 Å². The molecule has 0 unspecified atom stereocenters. The summed E-state index contributed by atoms with van der Waals surface area (Å²) in [5.74, 6) is 1.05. The van der Waals surface area contributed by atoms with Gasteiger partial charge < -0.3 is 10.2 Å². The van der Waals surface area contributed by atoms with E-state index in [9.17, 15) is 0 Å². The first-order valence-corrected chi connectivity index (χ1v) is 6.22. The molecule has 0 aliphatic carbocycles. The van der Waals surface area contributed by atoms with Gasteiger partial charge in [0.15, 0.2) is 0 Å². The van der Waals surface area contributed by atoms with Crippen molar-refractivity contribution in [2.75, 3.05) is 31.1 Å². The van der Waals surface area contributed by atoms with Gasteiger partial charge in [-0.25, -0.2) is 4.98 Å². The zero-order valence-corrected chi connectivity index (χ0v) is 10.2. The number of fused-ring (bicyclic) bond motifs is 1. The molecule has 1 aromatic carbocycles. The van der Waals surface area contributed by atoms with E-state index in [1.807, 2.05) is 30.5 Å². The van der Waals surface area contributed by atoms with Crippen molar-refractivity contribution < 1.29 is 0 Å². The highest BCUT2D eigenvalue weighted by atomic mass is 35.5. The van der Waals surface area contributed by atoms with Gasteiger partial charge in [0.25, 0.3) is 0 Å². The fraction of sp³-hybridized carbons (Fsp3) is 0.308. The summed E-state index contributed by atoms with van der Waals surface area (Å²) in [7, 11) is 0. The van der Waals surface area contributed by atoms with Crippen molar-refractivity contribution in [3.63, 3.8) is 0 Å². The second-order valence-electron chi connectivity index (χ2n) is 4.24. The Morgan fingerprint density at radius 2 is 2.00 bits per heavy atom. The van der Waals surface area contributed by atoms with Crippen molar-refractivity contribution in [1.82, 2.24) is 10.3 Å². The predicted molar refractivity (Wildman–Crippen MR) is 71.8 cm³/mol. The van der Waals surface area contributed by atoms with Crippen LogP contribution in [0.3, 0.4) is 0 Å². The lowest BCUT2D eigenvalue weighted by Crippen LogP contribution is -2.43. The van der Waals surface area contributed by atoms with Gasteiger partial charge in [-0.1, -0.05) is 17.7 Å². The largest absolute Gasteiger partial charge is 0.354 e. The summed E-state index contributed by atoms with van der Waals surface area (Å²) in [6, 6.07) is 8.00. The summed E-state index contributed by atoms with van der Waals surface area (Å²) in [6.45, 7) is 4.02. The molecular formula is C13H14ClN3. The Balaban J connectivity index is 2.11. The van der Waals surface area contributed by atoms with E-state index < -0.39 is 0 Å². The number of halogens is 1. The van der Waals surface area contributed by atoms with Crippen molar-refractivity contribution >= 4 is 28.2 Å². The maximum Gasteiger partial charge on any atom is 0.136 e. The van der Waals surface area contributed by atoms with Crippen LogP contribution in [0.5, 0.6) is 0 Å². The zero-order valence-electron chi connectivity index (χ0n) is 9.49. The van der Waals surface area contributed by atoms with Gasteiger partial charge in [-0.05, 0) is 23.6 Å². The molecule has 0 saturated carbocycles. The summed E-state index contributed by atoms with van der Waals surface area (Å²) >= 11 is 6.07. The lowest BCUT2D eigenvalue weighted by molar-refractivity contribution is 0.586. The van der Waals surface area contributed by atoms with Gasteiger partial charge >= 0.3 is 0 Å². The van der Waals surface area contributed by atoms with E-state index in [0.29, 0.717) is 0 Å². The van der Waals surface area contributed by atoms with E-state index in [1.165, 1.54) is 5.39 Å². The molecule has 1 saturated heterocycles. The van der Waals surface area contributed by atoms with Crippen LogP contribution in [0.4, 0.5) is 5.82 Å². The van der Waals surface area contributed by atoms with Crippen LogP contribution in [0.1, 0.15) is 0 Å². The number of aromatic nitrogens is 1. The van der Waals surface area contributed by atoms with Crippen LogP contribution in [0.2, 0.25) is 5.02 Å². The minimum atomic E-state index is 0.766. The molecular weight excluding hydrogens is 234 g/mol. The van der Waals surface area contributed by atoms with Crippen LogP contribution in [-0.4, -0.2) is 31.2 Å². The molecule has 2 aromatic rings. The highest BCUT2D eigenvalue weighted by molar-refractivity contribution is 6.31. The Morgan fingerprint density at radius 1 is 1.18 bits per heavy atom. The van der Waals surface area contributed by atoms with Crippen LogP contribution < -0.4 is 10.2 Å². The van der Waals surface area contributed by atoms with Crippen molar-refractivity contribution in [2.45, 2.75) is 0 Å². The third kappa shape index (κ3) is 2.08. The number of hydrogen-bond donors (Lipinski definition) is 1. The molecule has 1 aromatic heterocycles. The molecule has 1 aliphatic heterocycles. The third-order valence-corrected chi connectivity index (χ3v) is 3.36. The number of nitrogens with zero attached hydrogens (tertiary/aromatic N) is 2. The zero-order chi connectivity index (χ0) is 11.7.